The van der Waals surface area contributed by atoms with Crippen LogP contribution in [0.4, 0.5) is 4.39 Å². The van der Waals surface area contributed by atoms with Gasteiger partial charge < -0.3 is 11.1 Å². The molecule has 5 nitrogen and oxygen atoms in total. The van der Waals surface area contributed by atoms with E-state index < -0.39 is 23.7 Å². The number of nitrogens with two attached hydrogens (primary N) is 1. The Morgan fingerprint density at radius 2 is 1.95 bits per heavy atom. The highest BCUT2D eigenvalue weighted by Crippen LogP contribution is 2.07. The Labute approximate surface area is 121 Å². The number of nitrogens with zero attached hydrogens (tertiary/aromatic N) is 1. The summed E-state index contributed by atoms with van der Waals surface area (Å²) in [5.41, 5.74) is 6.24. The number of aromatic nitrogens is 1. The molecule has 1 aromatic carbocycles. The fourth-order valence-corrected chi connectivity index (χ4v) is 1.87. The Balaban J connectivity index is 2.09. The third-order valence-corrected chi connectivity index (χ3v) is 2.92. The lowest BCUT2D eigenvalue weighted by molar-refractivity contribution is -0.119. The topological polar surface area (TPSA) is 85.1 Å². The summed E-state index contributed by atoms with van der Waals surface area (Å²) in [4.78, 5) is 27.3. The van der Waals surface area contributed by atoms with Crippen molar-refractivity contribution in [3.05, 3.63) is 65.7 Å². The van der Waals surface area contributed by atoms with Crippen LogP contribution in [0.1, 0.15) is 15.9 Å². The van der Waals surface area contributed by atoms with Crippen LogP contribution in [0, 0.1) is 5.82 Å². The minimum atomic E-state index is -0.910. The van der Waals surface area contributed by atoms with Crippen molar-refractivity contribution < 1.29 is 14.0 Å². The van der Waals surface area contributed by atoms with Gasteiger partial charge in [-0.3, -0.25) is 14.6 Å². The van der Waals surface area contributed by atoms with Gasteiger partial charge in [-0.1, -0.05) is 12.1 Å². The quantitative estimate of drug-likeness (QED) is 0.862. The minimum Gasteiger partial charge on any atom is -0.368 e. The Morgan fingerprint density at radius 3 is 2.57 bits per heavy atom. The first-order valence-electron chi connectivity index (χ1n) is 6.31. The summed E-state index contributed by atoms with van der Waals surface area (Å²) in [6.07, 6.45) is 3.07. The van der Waals surface area contributed by atoms with Crippen molar-refractivity contribution in [2.45, 2.75) is 12.5 Å². The summed E-state index contributed by atoms with van der Waals surface area (Å²) < 4.78 is 13.1. The highest BCUT2D eigenvalue weighted by Gasteiger charge is 2.19. The molecule has 2 aromatic rings. The molecule has 108 valence electrons. The van der Waals surface area contributed by atoms with E-state index in [-0.39, 0.29) is 6.42 Å². The summed E-state index contributed by atoms with van der Waals surface area (Å²) in [7, 11) is 0. The molecule has 0 unspecified atom stereocenters. The molecule has 0 aliphatic heterocycles. The van der Waals surface area contributed by atoms with E-state index in [9.17, 15) is 14.0 Å². The molecule has 0 saturated carbocycles. The maximum absolute atomic E-state index is 13.1. The third-order valence-electron chi connectivity index (χ3n) is 2.92. The largest absolute Gasteiger partial charge is 0.368 e. The first-order chi connectivity index (χ1) is 10.1. The van der Waals surface area contributed by atoms with Crippen LogP contribution in [0.25, 0.3) is 0 Å². The molecule has 0 radical (unpaired) electrons. The molecule has 6 heteroatoms. The summed E-state index contributed by atoms with van der Waals surface area (Å²) in [5.74, 6) is -1.52. The summed E-state index contributed by atoms with van der Waals surface area (Å²) in [6.45, 7) is 0. The Kier molecular flexibility index (Phi) is 4.61. The van der Waals surface area contributed by atoms with Gasteiger partial charge in [0.1, 0.15) is 11.9 Å². The molecule has 0 bridgehead atoms. The van der Waals surface area contributed by atoms with Crippen molar-refractivity contribution in [1.82, 2.24) is 10.3 Å². The number of amides is 2. The van der Waals surface area contributed by atoms with Crippen LogP contribution in [0.5, 0.6) is 0 Å². The van der Waals surface area contributed by atoms with Crippen molar-refractivity contribution in [2.24, 2.45) is 5.73 Å². The molecule has 2 amide bonds. The van der Waals surface area contributed by atoms with E-state index in [1.807, 2.05) is 0 Å². The van der Waals surface area contributed by atoms with E-state index in [1.165, 1.54) is 42.7 Å². The number of hydrogen-bond acceptors (Lipinski definition) is 3. The van der Waals surface area contributed by atoms with E-state index in [2.05, 4.69) is 10.3 Å². The summed E-state index contributed by atoms with van der Waals surface area (Å²) in [6, 6.07) is 7.94. The molecule has 0 saturated heterocycles. The lowest BCUT2D eigenvalue weighted by Gasteiger charge is -2.15. The van der Waals surface area contributed by atoms with Gasteiger partial charge in [-0.2, -0.15) is 0 Å². The zero-order chi connectivity index (χ0) is 15.2. The zero-order valence-corrected chi connectivity index (χ0v) is 11.1. The molecule has 0 aliphatic carbocycles. The van der Waals surface area contributed by atoms with Crippen LogP contribution in [0.3, 0.4) is 0 Å². The summed E-state index contributed by atoms with van der Waals surface area (Å²) in [5, 5.41) is 2.54. The molecule has 0 fully saturated rings. The molecule has 1 heterocycles. The van der Waals surface area contributed by atoms with Crippen LogP contribution < -0.4 is 11.1 Å². The monoisotopic (exact) mass is 287 g/mol. The number of carbonyl (C=O) groups excluding carboxylic acids is 2. The Hall–Kier alpha value is -2.76. The van der Waals surface area contributed by atoms with Crippen molar-refractivity contribution in [3.63, 3.8) is 0 Å². The van der Waals surface area contributed by atoms with E-state index in [4.69, 9.17) is 5.73 Å². The number of benzene rings is 1. The van der Waals surface area contributed by atoms with Crippen LogP contribution in [-0.4, -0.2) is 22.8 Å². The van der Waals surface area contributed by atoms with Crippen molar-refractivity contribution in [1.29, 1.82) is 0 Å². The maximum Gasteiger partial charge on any atom is 0.252 e. The highest BCUT2D eigenvalue weighted by molar-refractivity contribution is 5.97. The second kappa shape index (κ2) is 6.60. The second-order valence-corrected chi connectivity index (χ2v) is 4.50. The number of nitrogens with one attached hydrogen (secondary N) is 1. The van der Waals surface area contributed by atoms with E-state index in [0.29, 0.717) is 11.1 Å². The Bertz CT molecular complexity index is 646. The third kappa shape index (κ3) is 4.10. The number of pyridine rings is 1. The predicted octanol–water partition coefficient (Wildman–Crippen LogP) is 1.05. The minimum absolute atomic E-state index is 0.129. The lowest BCUT2D eigenvalue weighted by Crippen LogP contribution is -2.45. The van der Waals surface area contributed by atoms with Gasteiger partial charge in [-0.15, -0.1) is 0 Å². The number of hydrogen-bond donors (Lipinski definition) is 2. The van der Waals surface area contributed by atoms with Crippen molar-refractivity contribution in [3.8, 4) is 0 Å². The number of halogens is 1. The molecule has 1 atom stereocenters. The van der Waals surface area contributed by atoms with E-state index >= 15 is 0 Å². The van der Waals surface area contributed by atoms with Gasteiger partial charge >= 0.3 is 0 Å². The van der Waals surface area contributed by atoms with Crippen LogP contribution >= 0.6 is 0 Å². The number of primary amides is 1. The van der Waals surface area contributed by atoms with Gasteiger partial charge in [0.2, 0.25) is 5.91 Å². The maximum atomic E-state index is 13.1. The first kappa shape index (κ1) is 14.6. The molecule has 0 spiro atoms. The average Bonchev–Trinajstić information content (AvgIpc) is 2.47. The number of carbonyl (C=O) groups is 2. The first-order valence-corrected chi connectivity index (χ1v) is 6.31. The van der Waals surface area contributed by atoms with Crippen molar-refractivity contribution >= 4 is 11.8 Å². The summed E-state index contributed by atoms with van der Waals surface area (Å²) >= 11 is 0. The van der Waals surface area contributed by atoms with Gasteiger partial charge in [0, 0.05) is 24.4 Å². The van der Waals surface area contributed by atoms with E-state index in [1.54, 1.807) is 6.07 Å². The zero-order valence-electron chi connectivity index (χ0n) is 11.1. The van der Waals surface area contributed by atoms with Crippen molar-refractivity contribution in [2.75, 3.05) is 0 Å². The fourth-order valence-electron chi connectivity index (χ4n) is 1.87. The van der Waals surface area contributed by atoms with Crippen LogP contribution in [-0.2, 0) is 11.2 Å². The highest BCUT2D eigenvalue weighted by atomic mass is 19.1. The second-order valence-electron chi connectivity index (χ2n) is 4.50. The lowest BCUT2D eigenvalue weighted by atomic mass is 10.0. The van der Waals surface area contributed by atoms with Crippen LogP contribution in [0.15, 0.2) is 48.8 Å². The van der Waals surface area contributed by atoms with Gasteiger partial charge in [0.25, 0.3) is 5.91 Å². The standard InChI is InChI=1S/C15H14FN3O2/c16-12-3-1-2-10(8-12)9-13(14(17)20)19-15(21)11-4-6-18-7-5-11/h1-8,13H,9H2,(H2,17,20)(H,19,21)/t13-/m0/s1. The van der Waals surface area contributed by atoms with Gasteiger partial charge in [-0.25, -0.2) is 4.39 Å². The van der Waals surface area contributed by atoms with Gasteiger partial charge in [0.15, 0.2) is 0 Å². The molecular formula is C15H14FN3O2. The van der Waals surface area contributed by atoms with Crippen LogP contribution in [0.2, 0.25) is 0 Å². The SMILES string of the molecule is NC(=O)[C@H](Cc1cccc(F)c1)NC(=O)c1ccncc1. The molecule has 21 heavy (non-hydrogen) atoms. The fraction of sp³-hybridized carbons (Fsp3) is 0.133. The Morgan fingerprint density at radius 1 is 1.24 bits per heavy atom. The smallest absolute Gasteiger partial charge is 0.252 e. The number of rotatable bonds is 5. The van der Waals surface area contributed by atoms with Gasteiger partial charge in [-0.05, 0) is 29.8 Å². The molecular weight excluding hydrogens is 273 g/mol. The molecule has 3 N–H and O–H groups in total. The molecule has 0 aliphatic rings. The van der Waals surface area contributed by atoms with E-state index in [0.717, 1.165) is 0 Å². The van der Waals surface area contributed by atoms with Gasteiger partial charge in [0.05, 0.1) is 0 Å². The predicted molar refractivity (Wildman–Crippen MR) is 74.8 cm³/mol. The molecule has 1 aromatic heterocycles. The average molecular weight is 287 g/mol. The molecule has 2 rings (SSSR count). The normalized spacial score (nSPS) is 11.7.